The van der Waals surface area contributed by atoms with Crippen LogP contribution in [0.2, 0.25) is 0 Å². The minimum absolute atomic E-state index is 0.104. The van der Waals surface area contributed by atoms with Crippen LogP contribution in [-0.4, -0.2) is 28.7 Å². The third-order valence-electron chi connectivity index (χ3n) is 4.90. The van der Waals surface area contributed by atoms with Gasteiger partial charge >= 0.3 is 7.12 Å². The van der Waals surface area contributed by atoms with E-state index in [-0.39, 0.29) is 11.6 Å². The van der Waals surface area contributed by atoms with Crippen LogP contribution in [-0.2, 0) is 0 Å². The smallest absolute Gasteiger partial charge is 0.423 e. The van der Waals surface area contributed by atoms with Crippen molar-refractivity contribution in [3.63, 3.8) is 0 Å². The van der Waals surface area contributed by atoms with E-state index in [4.69, 9.17) is 10.0 Å². The van der Waals surface area contributed by atoms with Gasteiger partial charge in [-0.2, -0.15) is 0 Å². The second-order valence-corrected chi connectivity index (χ2v) is 7.71. The highest BCUT2D eigenvalue weighted by molar-refractivity contribution is 6.58. The number of benzene rings is 4. The lowest BCUT2D eigenvalue weighted by Gasteiger charge is -2.02. The fraction of sp³-hybridized carbons (Fsp3) is 0.103. The summed E-state index contributed by atoms with van der Waals surface area (Å²) in [7, 11) is -1.34. The molecule has 4 rings (SSSR count). The van der Waals surface area contributed by atoms with E-state index < -0.39 is 7.12 Å². The summed E-state index contributed by atoms with van der Waals surface area (Å²) in [5.41, 5.74) is 5.44. The van der Waals surface area contributed by atoms with Crippen LogP contribution in [0.5, 0.6) is 0 Å². The number of Topliss-reactive ketones (excluding diaryl/α,β-unsaturated/α-hetero) is 2. The summed E-state index contributed by atoms with van der Waals surface area (Å²) in [6.45, 7) is 5.14. The average Bonchev–Trinajstić information content (AvgIpc) is 2.86. The average molecular weight is 452 g/mol. The van der Waals surface area contributed by atoms with E-state index in [1.165, 1.54) is 0 Å². The molecular weight excluding hydrogens is 423 g/mol. The molecule has 5 heteroatoms. The molecule has 172 valence electrons. The molecule has 0 atom stereocenters. The van der Waals surface area contributed by atoms with Gasteiger partial charge in [-0.1, -0.05) is 103 Å². The zero-order valence-corrected chi connectivity index (χ0v) is 19.7. The predicted molar refractivity (Wildman–Crippen MR) is 139 cm³/mol. The maximum Gasteiger partial charge on any atom is 0.488 e. The third-order valence-corrected chi connectivity index (χ3v) is 4.90. The lowest BCUT2D eigenvalue weighted by Crippen LogP contribution is -2.29. The van der Waals surface area contributed by atoms with E-state index in [1.54, 1.807) is 38.1 Å². The van der Waals surface area contributed by atoms with Gasteiger partial charge in [0.2, 0.25) is 0 Å². The molecule has 0 amide bonds. The largest absolute Gasteiger partial charge is 0.488 e. The van der Waals surface area contributed by atoms with Crippen LogP contribution < -0.4 is 5.46 Å². The van der Waals surface area contributed by atoms with Crippen molar-refractivity contribution in [1.29, 1.82) is 0 Å². The van der Waals surface area contributed by atoms with Crippen LogP contribution in [0.1, 0.15) is 40.1 Å². The van der Waals surface area contributed by atoms with Crippen LogP contribution in [0.25, 0.3) is 11.1 Å². The number of hydrogen-bond donors (Lipinski definition) is 2. The van der Waals surface area contributed by atoms with E-state index in [9.17, 15) is 9.59 Å². The number of ketones is 2. The number of aryl methyl sites for hydroxylation is 1. The topological polar surface area (TPSA) is 74.6 Å². The molecule has 34 heavy (non-hydrogen) atoms. The third kappa shape index (κ3) is 8.98. The van der Waals surface area contributed by atoms with Gasteiger partial charge in [0.05, 0.1) is 0 Å². The van der Waals surface area contributed by atoms with Crippen LogP contribution in [0.4, 0.5) is 0 Å². The van der Waals surface area contributed by atoms with Crippen LogP contribution in [0.15, 0.2) is 109 Å². The fourth-order valence-corrected chi connectivity index (χ4v) is 3.04. The van der Waals surface area contributed by atoms with Gasteiger partial charge in [0.25, 0.3) is 0 Å². The van der Waals surface area contributed by atoms with E-state index in [1.807, 2.05) is 91.9 Å². The van der Waals surface area contributed by atoms with Crippen LogP contribution in [0, 0.1) is 6.92 Å². The van der Waals surface area contributed by atoms with Crippen molar-refractivity contribution < 1.29 is 19.6 Å². The first-order chi connectivity index (χ1) is 16.3. The summed E-state index contributed by atoms with van der Waals surface area (Å²) in [4.78, 5) is 22.0. The van der Waals surface area contributed by atoms with E-state index in [2.05, 4.69) is 0 Å². The number of carbonyl (C=O) groups excluding carboxylic acids is 2. The van der Waals surface area contributed by atoms with Crippen molar-refractivity contribution in [1.82, 2.24) is 0 Å². The molecule has 0 saturated heterocycles. The molecule has 0 heterocycles. The Morgan fingerprint density at radius 2 is 1.06 bits per heavy atom. The lowest BCUT2D eigenvalue weighted by molar-refractivity contribution is 0.100. The Balaban J connectivity index is 0.000000189. The van der Waals surface area contributed by atoms with Crippen molar-refractivity contribution in [2.45, 2.75) is 20.8 Å². The maximum absolute atomic E-state index is 11.2. The zero-order valence-electron chi connectivity index (χ0n) is 19.7. The molecular formula is C29H29BO4. The summed E-state index contributed by atoms with van der Waals surface area (Å²) in [5.74, 6) is 0.233. The summed E-state index contributed by atoms with van der Waals surface area (Å²) in [5, 5.41) is 17.2. The van der Waals surface area contributed by atoms with Gasteiger partial charge in [0, 0.05) is 11.1 Å². The first-order valence-electron chi connectivity index (χ1n) is 10.9. The fourth-order valence-electron chi connectivity index (χ4n) is 3.04. The van der Waals surface area contributed by atoms with Gasteiger partial charge in [0.15, 0.2) is 11.6 Å². The molecule has 0 aliphatic rings. The molecule has 0 bridgehead atoms. The zero-order chi connectivity index (χ0) is 24.9. The molecule has 0 aliphatic carbocycles. The van der Waals surface area contributed by atoms with Crippen molar-refractivity contribution >= 4 is 24.1 Å². The first-order valence-corrected chi connectivity index (χ1v) is 10.9. The molecule has 2 N–H and O–H groups in total. The van der Waals surface area contributed by atoms with Gasteiger partial charge in [-0.3, -0.25) is 9.59 Å². The molecule has 0 saturated carbocycles. The Hall–Kier alpha value is -3.80. The SMILES string of the molecule is CC(=O)c1cccc(-c2ccccc2)c1.CC(=O)c1cccc(C)c1.OB(O)c1ccccc1. The van der Waals surface area contributed by atoms with Crippen LogP contribution >= 0.6 is 0 Å². The normalized spacial score (nSPS) is 9.56. The quantitative estimate of drug-likeness (QED) is 0.333. The number of hydrogen-bond acceptors (Lipinski definition) is 4. The van der Waals surface area contributed by atoms with Crippen molar-refractivity contribution in [3.05, 3.63) is 126 Å². The molecule has 0 spiro atoms. The van der Waals surface area contributed by atoms with Crippen LogP contribution in [0.3, 0.4) is 0 Å². The molecule has 0 aliphatic heterocycles. The molecule has 4 aromatic carbocycles. The molecule has 4 nitrogen and oxygen atoms in total. The van der Waals surface area contributed by atoms with Gasteiger partial charge in [-0.05, 0) is 49.5 Å². The van der Waals surface area contributed by atoms with E-state index in [0.717, 1.165) is 27.8 Å². The molecule has 0 radical (unpaired) electrons. The monoisotopic (exact) mass is 452 g/mol. The Labute approximate surface area is 201 Å². The minimum atomic E-state index is -1.34. The summed E-state index contributed by atoms with van der Waals surface area (Å²) in [6, 6.07) is 34.0. The highest BCUT2D eigenvalue weighted by Crippen LogP contribution is 2.20. The minimum Gasteiger partial charge on any atom is -0.423 e. The molecule has 0 fully saturated rings. The first kappa shape index (κ1) is 26.5. The van der Waals surface area contributed by atoms with Gasteiger partial charge in [-0.25, -0.2) is 0 Å². The standard InChI is InChI=1S/C14H12O.C9H10O.C6H7BO2/c1-11(15)13-8-5-9-14(10-13)12-6-3-2-4-7-12;1-7-4-3-5-9(6-7)8(2)10;8-7(9)6-4-2-1-3-5-6/h2-10H,1H3;3-6H,1-2H3;1-5,8-9H. The highest BCUT2D eigenvalue weighted by Gasteiger charge is 2.07. The lowest BCUT2D eigenvalue weighted by atomic mass is 9.81. The Morgan fingerprint density at radius 1 is 0.588 bits per heavy atom. The van der Waals surface area contributed by atoms with Crippen molar-refractivity contribution in [2.75, 3.05) is 0 Å². The van der Waals surface area contributed by atoms with Gasteiger partial charge in [-0.15, -0.1) is 0 Å². The van der Waals surface area contributed by atoms with Gasteiger partial charge in [0.1, 0.15) is 0 Å². The second-order valence-electron chi connectivity index (χ2n) is 7.71. The number of rotatable bonds is 4. The molecule has 4 aromatic rings. The van der Waals surface area contributed by atoms with E-state index >= 15 is 0 Å². The highest BCUT2D eigenvalue weighted by atomic mass is 16.4. The maximum atomic E-state index is 11.2. The Morgan fingerprint density at radius 3 is 1.50 bits per heavy atom. The summed E-state index contributed by atoms with van der Waals surface area (Å²) < 4.78 is 0. The van der Waals surface area contributed by atoms with Crippen molar-refractivity contribution in [2.24, 2.45) is 0 Å². The summed E-state index contributed by atoms with van der Waals surface area (Å²) >= 11 is 0. The summed E-state index contributed by atoms with van der Waals surface area (Å²) in [6.07, 6.45) is 0. The number of carbonyl (C=O) groups is 2. The van der Waals surface area contributed by atoms with Crippen molar-refractivity contribution in [3.8, 4) is 11.1 Å². The molecule has 0 aromatic heterocycles. The van der Waals surface area contributed by atoms with Gasteiger partial charge < -0.3 is 10.0 Å². The Kier molecular flexibility index (Phi) is 10.6. The predicted octanol–water partition coefficient (Wildman–Crippen LogP) is 5.12. The second kappa shape index (κ2) is 13.7. The molecule has 0 unspecified atom stereocenters. The van der Waals surface area contributed by atoms with E-state index in [0.29, 0.717) is 5.46 Å². The Bertz CT molecular complexity index is 1190.